The molecule has 1 N–H and O–H groups in total. The second-order valence-corrected chi connectivity index (χ2v) is 10.7. The summed E-state index contributed by atoms with van der Waals surface area (Å²) in [4.78, 5) is 29.3. The summed E-state index contributed by atoms with van der Waals surface area (Å²) < 4.78 is 20.6. The Morgan fingerprint density at radius 3 is 2.05 bits per heavy atom. The normalized spacial score (nSPS) is 21.2. The highest BCUT2D eigenvalue weighted by atomic mass is 16.6. The largest absolute Gasteiger partial charge is 0.497 e. The van der Waals surface area contributed by atoms with Gasteiger partial charge in [0.1, 0.15) is 11.4 Å². The minimum atomic E-state index is -0.909. The highest BCUT2D eigenvalue weighted by Crippen LogP contribution is 2.42. The number of rotatable bonds is 9. The molecule has 0 bridgehead atoms. The molecule has 212 valence electrons. The van der Waals surface area contributed by atoms with Crippen molar-refractivity contribution in [2.75, 3.05) is 26.8 Å². The van der Waals surface area contributed by atoms with Gasteiger partial charge in [0.2, 0.25) is 0 Å². The number of nitrogens with zero attached hydrogens (tertiary/aromatic N) is 2. The Morgan fingerprint density at radius 2 is 1.46 bits per heavy atom. The van der Waals surface area contributed by atoms with E-state index in [4.69, 9.17) is 14.2 Å². The Balaban J connectivity index is 1.37. The highest BCUT2D eigenvalue weighted by Gasteiger charge is 2.44. The molecular formula is C33H35N3O5. The van der Waals surface area contributed by atoms with Crippen LogP contribution in [-0.2, 0) is 15.1 Å². The van der Waals surface area contributed by atoms with Gasteiger partial charge in [0.15, 0.2) is 6.23 Å². The predicted molar refractivity (Wildman–Crippen MR) is 156 cm³/mol. The molecule has 0 aliphatic carbocycles. The molecule has 1 aromatic heterocycles. The quantitative estimate of drug-likeness (QED) is 0.311. The number of ether oxygens (including phenoxy) is 3. The van der Waals surface area contributed by atoms with Crippen LogP contribution in [0.2, 0.25) is 0 Å². The molecular weight excluding hydrogens is 518 g/mol. The van der Waals surface area contributed by atoms with Crippen LogP contribution in [-0.4, -0.2) is 53.4 Å². The van der Waals surface area contributed by atoms with Gasteiger partial charge in [-0.2, -0.15) is 0 Å². The summed E-state index contributed by atoms with van der Waals surface area (Å²) in [6.45, 7) is 2.22. The van der Waals surface area contributed by atoms with Crippen LogP contribution in [0.4, 0.5) is 0 Å². The van der Waals surface area contributed by atoms with E-state index in [-0.39, 0.29) is 12.1 Å². The van der Waals surface area contributed by atoms with Gasteiger partial charge in [-0.1, -0.05) is 72.8 Å². The second-order valence-electron chi connectivity index (χ2n) is 10.7. The number of aromatic nitrogens is 2. The van der Waals surface area contributed by atoms with Crippen molar-refractivity contribution in [1.82, 2.24) is 14.5 Å². The van der Waals surface area contributed by atoms with Gasteiger partial charge >= 0.3 is 5.69 Å². The van der Waals surface area contributed by atoms with Crippen LogP contribution >= 0.6 is 0 Å². The van der Waals surface area contributed by atoms with Crippen molar-refractivity contribution in [3.8, 4) is 5.75 Å². The molecule has 4 aromatic rings. The average Bonchev–Trinajstić information content (AvgIpc) is 3.70. The molecule has 0 radical (unpaired) electrons. The molecule has 6 rings (SSSR count). The third-order valence-electron chi connectivity index (χ3n) is 8.24. The Hall–Kier alpha value is -3.98. The standard InChI is InChI=1S/C33H35N3O5/c1-39-27-16-14-26(15-17-27)33(24-10-4-2-5-11-24,25-12-6-3-7-13-25)40-23-28-22-29(35-19-8-9-20-35)31(41-28)36-21-18-30(37)34-32(36)38/h2-7,10-18,21,28-29,31H,8-9,19-20,22-23H2,1H3,(H,34,37,38)/t28-,29+,31+/m1/s1. The van der Waals surface area contributed by atoms with Gasteiger partial charge in [-0.15, -0.1) is 0 Å². The van der Waals surface area contributed by atoms with E-state index in [1.54, 1.807) is 7.11 Å². The lowest BCUT2D eigenvalue weighted by Crippen LogP contribution is -2.41. The summed E-state index contributed by atoms with van der Waals surface area (Å²) in [5, 5.41) is 0. The van der Waals surface area contributed by atoms with E-state index in [1.165, 1.54) is 16.8 Å². The third-order valence-corrected chi connectivity index (χ3v) is 8.24. The summed E-state index contributed by atoms with van der Waals surface area (Å²) in [7, 11) is 1.66. The molecule has 0 saturated carbocycles. The zero-order valence-electron chi connectivity index (χ0n) is 23.1. The summed E-state index contributed by atoms with van der Waals surface area (Å²) in [5.41, 5.74) is 1.18. The third kappa shape index (κ3) is 5.38. The van der Waals surface area contributed by atoms with Gasteiger partial charge in [-0.05, 0) is 61.2 Å². The zero-order chi connectivity index (χ0) is 28.2. The first-order valence-corrected chi connectivity index (χ1v) is 14.2. The van der Waals surface area contributed by atoms with Crippen molar-refractivity contribution < 1.29 is 14.2 Å². The molecule has 2 fully saturated rings. The molecule has 3 aromatic carbocycles. The van der Waals surface area contributed by atoms with E-state index in [2.05, 4.69) is 34.1 Å². The van der Waals surface area contributed by atoms with Crippen LogP contribution in [0.25, 0.3) is 0 Å². The molecule has 8 heteroatoms. The number of H-pyrrole nitrogens is 1. The van der Waals surface area contributed by atoms with Crippen LogP contribution < -0.4 is 16.0 Å². The van der Waals surface area contributed by atoms with Crippen molar-refractivity contribution in [3.05, 3.63) is 135 Å². The van der Waals surface area contributed by atoms with E-state index in [9.17, 15) is 9.59 Å². The highest BCUT2D eigenvalue weighted by molar-refractivity contribution is 5.48. The number of likely N-dealkylation sites (tertiary alicyclic amines) is 1. The van der Waals surface area contributed by atoms with Crippen molar-refractivity contribution in [3.63, 3.8) is 0 Å². The molecule has 0 amide bonds. The van der Waals surface area contributed by atoms with E-state index >= 15 is 0 Å². The van der Waals surface area contributed by atoms with Gasteiger partial charge in [0, 0.05) is 12.3 Å². The van der Waals surface area contributed by atoms with Crippen LogP contribution in [0.15, 0.2) is 107 Å². The van der Waals surface area contributed by atoms with Crippen LogP contribution in [0.1, 0.15) is 42.2 Å². The van der Waals surface area contributed by atoms with Crippen LogP contribution in [0, 0.1) is 0 Å². The monoisotopic (exact) mass is 553 g/mol. The van der Waals surface area contributed by atoms with Gasteiger partial charge in [-0.3, -0.25) is 19.2 Å². The van der Waals surface area contributed by atoms with Gasteiger partial charge < -0.3 is 14.2 Å². The first kappa shape index (κ1) is 27.2. The molecule has 8 nitrogen and oxygen atoms in total. The fourth-order valence-corrected chi connectivity index (χ4v) is 6.26. The maximum absolute atomic E-state index is 12.8. The second kappa shape index (κ2) is 11.9. The van der Waals surface area contributed by atoms with E-state index < -0.39 is 23.1 Å². The molecule has 2 aliphatic rings. The maximum Gasteiger partial charge on any atom is 0.330 e. The molecule has 2 aliphatic heterocycles. The molecule has 3 heterocycles. The first-order chi connectivity index (χ1) is 20.1. The van der Waals surface area contributed by atoms with Gasteiger partial charge in [0.05, 0.1) is 25.9 Å². The fraction of sp³-hybridized carbons (Fsp3) is 0.333. The predicted octanol–water partition coefficient (Wildman–Crippen LogP) is 4.31. The average molecular weight is 554 g/mol. The Bertz CT molecular complexity index is 1510. The number of benzene rings is 3. The molecule has 0 unspecified atom stereocenters. The SMILES string of the molecule is COc1ccc(C(OC[C@H]2C[C@H](N3CCCC3)[C@@H](n3ccc(=O)[nH]c3=O)O2)(c2ccccc2)c2ccccc2)cc1. The number of hydrogen-bond acceptors (Lipinski definition) is 6. The maximum atomic E-state index is 12.8. The lowest BCUT2D eigenvalue weighted by atomic mass is 9.80. The van der Waals surface area contributed by atoms with Crippen LogP contribution in [0.5, 0.6) is 5.75 Å². The van der Waals surface area contributed by atoms with Crippen LogP contribution in [0.3, 0.4) is 0 Å². The molecule has 3 atom stereocenters. The van der Waals surface area contributed by atoms with Gasteiger partial charge in [-0.25, -0.2) is 4.79 Å². The lowest BCUT2D eigenvalue weighted by molar-refractivity contribution is -0.0830. The van der Waals surface area contributed by atoms with Gasteiger partial charge in [0.25, 0.3) is 5.56 Å². The molecule has 41 heavy (non-hydrogen) atoms. The van der Waals surface area contributed by atoms with Crippen molar-refractivity contribution in [2.45, 2.75) is 43.2 Å². The van der Waals surface area contributed by atoms with E-state index in [0.717, 1.165) is 48.4 Å². The molecule has 2 saturated heterocycles. The van der Waals surface area contributed by atoms with Crippen molar-refractivity contribution in [1.29, 1.82) is 0 Å². The number of hydrogen-bond donors (Lipinski definition) is 1. The Kier molecular flexibility index (Phi) is 7.87. The van der Waals surface area contributed by atoms with Crippen molar-refractivity contribution in [2.24, 2.45) is 0 Å². The Labute approximate surface area is 239 Å². The Morgan fingerprint density at radius 1 is 0.854 bits per heavy atom. The van der Waals surface area contributed by atoms with Crippen molar-refractivity contribution >= 4 is 0 Å². The zero-order valence-corrected chi connectivity index (χ0v) is 23.1. The van der Waals surface area contributed by atoms with E-state index in [1.807, 2.05) is 60.7 Å². The summed E-state index contributed by atoms with van der Waals surface area (Å²) in [6, 6.07) is 29.8. The first-order valence-electron chi connectivity index (χ1n) is 14.2. The number of nitrogens with one attached hydrogen (secondary N) is 1. The number of aromatic amines is 1. The minimum Gasteiger partial charge on any atom is -0.497 e. The summed E-state index contributed by atoms with van der Waals surface area (Å²) >= 11 is 0. The molecule has 0 spiro atoms. The van der Waals surface area contributed by atoms with E-state index in [0.29, 0.717) is 13.0 Å². The topological polar surface area (TPSA) is 85.8 Å². The fourth-order valence-electron chi connectivity index (χ4n) is 6.26. The minimum absolute atomic E-state index is 0.00135. The number of methoxy groups -OCH3 is 1. The summed E-state index contributed by atoms with van der Waals surface area (Å²) in [6.07, 6.45) is 3.69. The lowest BCUT2D eigenvalue weighted by Gasteiger charge is -2.36. The smallest absolute Gasteiger partial charge is 0.330 e. The summed E-state index contributed by atoms with van der Waals surface area (Å²) in [5.74, 6) is 0.769.